The minimum Gasteiger partial charge on any atom is -0.380 e. The van der Waals surface area contributed by atoms with E-state index in [1.54, 1.807) is 26.3 Å². The number of halogens is 2. The Kier molecular flexibility index (Phi) is 11.5. The Bertz CT molecular complexity index is 685. The van der Waals surface area contributed by atoms with E-state index in [0.29, 0.717) is 18.1 Å². The number of hydrogen-bond donors (Lipinski definition) is 3. The number of aliphatic imine (C=N–C) groups is 1. The van der Waals surface area contributed by atoms with Crippen molar-refractivity contribution in [3.05, 3.63) is 35.1 Å². The summed E-state index contributed by atoms with van der Waals surface area (Å²) < 4.78 is 18.8. The lowest BCUT2D eigenvalue weighted by molar-refractivity contribution is -0.126. The molecule has 0 bridgehead atoms. The maximum Gasteiger partial charge on any atom is 0.223 e. The molecule has 8 heteroatoms. The number of carbonyl (C=O) groups excluding carboxylic acids is 1. The van der Waals surface area contributed by atoms with E-state index in [-0.39, 0.29) is 60.3 Å². The van der Waals surface area contributed by atoms with Gasteiger partial charge < -0.3 is 20.7 Å². The number of guanidine groups is 1. The highest BCUT2D eigenvalue weighted by molar-refractivity contribution is 14.0. The van der Waals surface area contributed by atoms with Crippen molar-refractivity contribution in [3.8, 4) is 0 Å². The summed E-state index contributed by atoms with van der Waals surface area (Å²) in [7, 11) is 3.27. The van der Waals surface area contributed by atoms with Gasteiger partial charge in [0.05, 0.1) is 6.61 Å². The summed E-state index contributed by atoms with van der Waals surface area (Å²) in [6.07, 6.45) is 3.76. The first kappa shape index (κ1) is 25.6. The molecule has 29 heavy (non-hydrogen) atoms. The van der Waals surface area contributed by atoms with Crippen molar-refractivity contribution >= 4 is 35.8 Å². The van der Waals surface area contributed by atoms with Crippen molar-refractivity contribution in [1.82, 2.24) is 16.0 Å². The van der Waals surface area contributed by atoms with Gasteiger partial charge in [0.1, 0.15) is 5.82 Å². The standard InChI is InChI=1S/C21H33FN4O2.HI/c1-14(2)25-20(27)16-6-5-7-18(11-16)26-21(23-3)24-12-15-8-9-19(22)17(10-15)13-28-4;/h8-10,14,16,18H,5-7,11-13H2,1-4H3,(H,25,27)(H2,23,24,26);1H. The Hall–Kier alpha value is -1.42. The van der Waals surface area contributed by atoms with Crippen LogP contribution in [0.1, 0.15) is 50.7 Å². The highest BCUT2D eigenvalue weighted by Crippen LogP contribution is 2.24. The van der Waals surface area contributed by atoms with Gasteiger partial charge in [-0.2, -0.15) is 0 Å². The van der Waals surface area contributed by atoms with Crippen molar-refractivity contribution in [1.29, 1.82) is 0 Å². The molecule has 0 saturated heterocycles. The molecule has 1 aromatic rings. The van der Waals surface area contributed by atoms with E-state index in [9.17, 15) is 9.18 Å². The summed E-state index contributed by atoms with van der Waals surface area (Å²) in [5, 5.41) is 9.71. The Labute approximate surface area is 190 Å². The number of methoxy groups -OCH3 is 1. The third-order valence-electron chi connectivity index (χ3n) is 4.91. The molecule has 0 radical (unpaired) electrons. The van der Waals surface area contributed by atoms with Crippen LogP contribution in [0, 0.1) is 11.7 Å². The molecular weight excluding hydrogens is 486 g/mol. The molecular formula is C21H34FIN4O2. The third kappa shape index (κ3) is 8.46. The second-order valence-corrected chi connectivity index (χ2v) is 7.65. The van der Waals surface area contributed by atoms with Gasteiger partial charge in [-0.3, -0.25) is 9.79 Å². The van der Waals surface area contributed by atoms with Crippen molar-refractivity contribution in [2.75, 3.05) is 14.2 Å². The molecule has 2 rings (SSSR count). The summed E-state index contributed by atoms with van der Waals surface area (Å²) in [4.78, 5) is 16.6. The molecule has 6 nitrogen and oxygen atoms in total. The number of amides is 1. The zero-order valence-electron chi connectivity index (χ0n) is 17.8. The monoisotopic (exact) mass is 520 g/mol. The molecule has 0 heterocycles. The highest BCUT2D eigenvalue weighted by atomic mass is 127. The molecule has 1 saturated carbocycles. The molecule has 164 valence electrons. The molecule has 0 aliphatic heterocycles. The second-order valence-electron chi connectivity index (χ2n) is 7.65. The van der Waals surface area contributed by atoms with E-state index in [1.165, 1.54) is 6.07 Å². The average molecular weight is 520 g/mol. The Morgan fingerprint density at radius 1 is 1.34 bits per heavy atom. The van der Waals surface area contributed by atoms with Crippen LogP contribution in [0.4, 0.5) is 4.39 Å². The van der Waals surface area contributed by atoms with Crippen molar-refractivity contribution in [2.45, 2.75) is 64.8 Å². The molecule has 1 amide bonds. The molecule has 1 fully saturated rings. The minimum absolute atomic E-state index is 0. The summed E-state index contributed by atoms with van der Waals surface area (Å²) in [5.41, 5.74) is 1.49. The molecule has 1 aliphatic carbocycles. The molecule has 0 aromatic heterocycles. The first-order valence-electron chi connectivity index (χ1n) is 9.96. The molecule has 2 unspecified atom stereocenters. The predicted molar refractivity (Wildman–Crippen MR) is 125 cm³/mol. The third-order valence-corrected chi connectivity index (χ3v) is 4.91. The van der Waals surface area contributed by atoms with E-state index in [1.807, 2.05) is 13.8 Å². The number of nitrogens with zero attached hydrogens (tertiary/aromatic N) is 1. The fraction of sp³-hybridized carbons (Fsp3) is 0.619. The molecule has 1 aliphatic rings. The van der Waals surface area contributed by atoms with Crippen molar-refractivity contribution in [3.63, 3.8) is 0 Å². The first-order chi connectivity index (χ1) is 13.4. The van der Waals surface area contributed by atoms with Gasteiger partial charge in [-0.25, -0.2) is 4.39 Å². The van der Waals surface area contributed by atoms with Crippen LogP contribution in [0.5, 0.6) is 0 Å². The van der Waals surface area contributed by atoms with Crippen LogP contribution >= 0.6 is 24.0 Å². The van der Waals surface area contributed by atoms with Gasteiger partial charge in [-0.05, 0) is 50.8 Å². The second kappa shape index (κ2) is 13.0. The number of ether oxygens (including phenoxy) is 1. The Morgan fingerprint density at radius 3 is 2.76 bits per heavy atom. The van der Waals surface area contributed by atoms with Crippen LogP contribution < -0.4 is 16.0 Å². The fourth-order valence-corrected chi connectivity index (χ4v) is 3.54. The van der Waals surface area contributed by atoms with Crippen LogP contribution in [0.25, 0.3) is 0 Å². The Morgan fingerprint density at radius 2 is 2.10 bits per heavy atom. The molecule has 2 atom stereocenters. The van der Waals surface area contributed by atoms with Gasteiger partial charge >= 0.3 is 0 Å². The van der Waals surface area contributed by atoms with E-state index < -0.39 is 0 Å². The topological polar surface area (TPSA) is 74.8 Å². The number of benzene rings is 1. The van der Waals surface area contributed by atoms with E-state index in [0.717, 1.165) is 31.2 Å². The highest BCUT2D eigenvalue weighted by Gasteiger charge is 2.28. The number of rotatable bonds is 7. The van der Waals surface area contributed by atoms with Crippen molar-refractivity contribution < 1.29 is 13.9 Å². The number of nitrogens with one attached hydrogen (secondary N) is 3. The lowest BCUT2D eigenvalue weighted by Gasteiger charge is -2.30. The van der Waals surface area contributed by atoms with Gasteiger partial charge in [0.2, 0.25) is 5.91 Å². The zero-order valence-corrected chi connectivity index (χ0v) is 20.1. The van der Waals surface area contributed by atoms with E-state index in [2.05, 4.69) is 20.9 Å². The molecule has 1 aromatic carbocycles. The van der Waals surface area contributed by atoms with Crippen LogP contribution in [0.3, 0.4) is 0 Å². The number of hydrogen-bond acceptors (Lipinski definition) is 3. The van der Waals surface area contributed by atoms with Gasteiger partial charge in [0.25, 0.3) is 0 Å². The van der Waals surface area contributed by atoms with E-state index >= 15 is 0 Å². The largest absolute Gasteiger partial charge is 0.380 e. The lowest BCUT2D eigenvalue weighted by Crippen LogP contribution is -2.47. The van der Waals surface area contributed by atoms with Crippen LogP contribution in [0.15, 0.2) is 23.2 Å². The lowest BCUT2D eigenvalue weighted by atomic mass is 9.85. The number of carbonyl (C=O) groups is 1. The fourth-order valence-electron chi connectivity index (χ4n) is 3.54. The maximum absolute atomic E-state index is 13.7. The minimum atomic E-state index is -0.263. The summed E-state index contributed by atoms with van der Waals surface area (Å²) in [6.45, 7) is 4.74. The predicted octanol–water partition coefficient (Wildman–Crippen LogP) is 3.34. The first-order valence-corrected chi connectivity index (χ1v) is 9.96. The Balaban J connectivity index is 0.00000420. The van der Waals surface area contributed by atoms with Gasteiger partial charge in [-0.1, -0.05) is 12.5 Å². The van der Waals surface area contributed by atoms with Crippen LogP contribution in [0.2, 0.25) is 0 Å². The summed E-state index contributed by atoms with van der Waals surface area (Å²) in [6, 6.07) is 5.38. The molecule has 0 spiro atoms. The normalized spacial score (nSPS) is 19.4. The summed E-state index contributed by atoms with van der Waals surface area (Å²) >= 11 is 0. The van der Waals surface area contributed by atoms with Gasteiger partial charge in [-0.15, -0.1) is 24.0 Å². The van der Waals surface area contributed by atoms with Crippen LogP contribution in [-0.2, 0) is 22.7 Å². The van der Waals surface area contributed by atoms with Crippen molar-refractivity contribution in [2.24, 2.45) is 10.9 Å². The average Bonchev–Trinajstić information content (AvgIpc) is 2.67. The quantitative estimate of drug-likeness (QED) is 0.293. The summed E-state index contributed by atoms with van der Waals surface area (Å²) in [5.74, 6) is 0.607. The van der Waals surface area contributed by atoms with Gasteiger partial charge in [0, 0.05) is 44.3 Å². The van der Waals surface area contributed by atoms with E-state index in [4.69, 9.17) is 4.74 Å². The van der Waals surface area contributed by atoms with Crippen LogP contribution in [-0.4, -0.2) is 38.1 Å². The maximum atomic E-state index is 13.7. The smallest absolute Gasteiger partial charge is 0.223 e. The van der Waals surface area contributed by atoms with Gasteiger partial charge in [0.15, 0.2) is 5.96 Å². The molecule has 3 N–H and O–H groups in total. The SMILES string of the molecule is CN=C(NCc1ccc(F)c(COC)c1)NC1CCCC(C(=O)NC(C)C)C1.I. The zero-order chi connectivity index (χ0) is 20.5.